The number of thiazole rings is 1. The van der Waals surface area contributed by atoms with Crippen LogP contribution in [0.5, 0.6) is 0 Å². The Hall–Kier alpha value is -2.03. The van der Waals surface area contributed by atoms with Crippen LogP contribution >= 0.6 is 11.3 Å². The Morgan fingerprint density at radius 1 is 1.27 bits per heavy atom. The second kappa shape index (κ2) is 9.41. The van der Waals surface area contributed by atoms with E-state index in [1.165, 1.54) is 6.42 Å². The predicted octanol–water partition coefficient (Wildman–Crippen LogP) is 3.47. The molecular weight excluding hydrogens is 398 g/mol. The van der Waals surface area contributed by atoms with E-state index >= 15 is 0 Å². The average molecular weight is 430 g/mol. The summed E-state index contributed by atoms with van der Waals surface area (Å²) >= 11 is 1.60. The fourth-order valence-electron chi connectivity index (χ4n) is 4.41. The molecule has 2 aliphatic rings. The van der Waals surface area contributed by atoms with Gasteiger partial charge >= 0.3 is 0 Å². The van der Waals surface area contributed by atoms with Gasteiger partial charge in [-0.05, 0) is 37.3 Å². The van der Waals surface area contributed by atoms with E-state index in [1.54, 1.807) is 11.3 Å². The number of aromatic nitrogens is 2. The molecule has 2 fully saturated rings. The van der Waals surface area contributed by atoms with Gasteiger partial charge in [-0.15, -0.1) is 11.3 Å². The zero-order valence-electron chi connectivity index (χ0n) is 18.0. The molecule has 1 amide bonds. The van der Waals surface area contributed by atoms with E-state index in [4.69, 9.17) is 9.72 Å². The van der Waals surface area contributed by atoms with E-state index in [0.29, 0.717) is 31.5 Å². The van der Waals surface area contributed by atoms with Crippen LogP contribution in [0.15, 0.2) is 24.4 Å². The summed E-state index contributed by atoms with van der Waals surface area (Å²) in [7, 11) is 0. The third kappa shape index (κ3) is 5.36. The lowest BCUT2D eigenvalue weighted by Gasteiger charge is -2.37. The van der Waals surface area contributed by atoms with E-state index in [9.17, 15) is 4.79 Å². The van der Waals surface area contributed by atoms with Crippen molar-refractivity contribution in [3.05, 3.63) is 35.0 Å². The number of ether oxygens (including phenoxy) is 1. The second-order valence-electron chi connectivity index (χ2n) is 8.69. The highest BCUT2D eigenvalue weighted by atomic mass is 32.1. The van der Waals surface area contributed by atoms with Gasteiger partial charge in [-0.25, -0.2) is 9.97 Å². The number of anilines is 2. The van der Waals surface area contributed by atoms with Crippen LogP contribution in [0.1, 0.15) is 36.9 Å². The number of nitrogens with zero attached hydrogens (tertiary/aromatic N) is 4. The second-order valence-corrected chi connectivity index (χ2v) is 9.92. The molecule has 30 heavy (non-hydrogen) atoms. The number of rotatable bonds is 5. The molecule has 2 aliphatic heterocycles. The van der Waals surface area contributed by atoms with E-state index in [-0.39, 0.29) is 12.0 Å². The molecule has 0 aliphatic carbocycles. The fraction of sp³-hybridized carbons (Fsp3) is 0.591. The van der Waals surface area contributed by atoms with Crippen molar-refractivity contribution in [1.82, 2.24) is 19.8 Å². The van der Waals surface area contributed by atoms with Gasteiger partial charge in [-0.2, -0.15) is 0 Å². The van der Waals surface area contributed by atoms with Gasteiger partial charge in [0.2, 0.25) is 5.91 Å². The highest BCUT2D eigenvalue weighted by Crippen LogP contribution is 2.25. The Balaban J connectivity index is 1.36. The first-order valence-electron chi connectivity index (χ1n) is 10.7. The molecule has 2 saturated heterocycles. The summed E-state index contributed by atoms with van der Waals surface area (Å²) in [5.74, 6) is 2.15. The van der Waals surface area contributed by atoms with Crippen LogP contribution in [-0.4, -0.2) is 65.0 Å². The zero-order chi connectivity index (χ0) is 21.1. The average Bonchev–Trinajstić information content (AvgIpc) is 3.12. The van der Waals surface area contributed by atoms with Crippen molar-refractivity contribution in [2.45, 2.75) is 33.3 Å². The molecule has 4 rings (SSSR count). The molecule has 7 nitrogen and oxygen atoms in total. The summed E-state index contributed by atoms with van der Waals surface area (Å²) in [6, 6.07) is 5.90. The first-order valence-corrected chi connectivity index (χ1v) is 11.6. The Morgan fingerprint density at radius 3 is 2.80 bits per heavy atom. The van der Waals surface area contributed by atoms with Gasteiger partial charge in [-0.3, -0.25) is 9.69 Å². The quantitative estimate of drug-likeness (QED) is 0.785. The fourth-order valence-corrected chi connectivity index (χ4v) is 5.08. The zero-order valence-corrected chi connectivity index (χ0v) is 18.8. The van der Waals surface area contributed by atoms with Gasteiger partial charge in [0.25, 0.3) is 0 Å². The number of likely N-dealkylation sites (tertiary alicyclic amines) is 1. The van der Waals surface area contributed by atoms with Crippen molar-refractivity contribution in [2.75, 3.05) is 44.6 Å². The lowest BCUT2D eigenvalue weighted by atomic mass is 9.92. The molecule has 8 heteroatoms. The number of nitrogens with one attached hydrogen (secondary N) is 1. The van der Waals surface area contributed by atoms with Crippen molar-refractivity contribution in [2.24, 2.45) is 11.8 Å². The first kappa shape index (κ1) is 21.2. The monoisotopic (exact) mass is 429 g/mol. The summed E-state index contributed by atoms with van der Waals surface area (Å²) in [4.78, 5) is 27.3. The number of carbonyl (C=O) groups is 1. The summed E-state index contributed by atoms with van der Waals surface area (Å²) < 4.78 is 5.99. The number of hydrogen-bond donors (Lipinski definition) is 1. The van der Waals surface area contributed by atoms with E-state index in [0.717, 1.165) is 41.2 Å². The lowest BCUT2D eigenvalue weighted by molar-refractivity contribution is -0.137. The van der Waals surface area contributed by atoms with E-state index in [2.05, 4.69) is 29.0 Å². The maximum Gasteiger partial charge on any atom is 0.236 e. The molecule has 3 atom stereocenters. The molecule has 3 unspecified atom stereocenters. The molecule has 0 aromatic carbocycles. The molecule has 162 valence electrons. The summed E-state index contributed by atoms with van der Waals surface area (Å²) in [6.07, 6.45) is 2.92. The van der Waals surface area contributed by atoms with Gasteiger partial charge < -0.3 is 15.0 Å². The number of amides is 1. The normalized spacial score (nSPS) is 25.3. The van der Waals surface area contributed by atoms with Gasteiger partial charge in [0.05, 0.1) is 18.8 Å². The highest BCUT2D eigenvalue weighted by Gasteiger charge is 2.29. The molecule has 0 radical (unpaired) electrons. The Labute approximate surface area is 182 Å². The minimum absolute atomic E-state index is 0.134. The first-order chi connectivity index (χ1) is 14.5. The third-order valence-electron chi connectivity index (χ3n) is 5.69. The largest absolute Gasteiger partial charge is 0.369 e. The number of morpholine rings is 1. The van der Waals surface area contributed by atoms with Gasteiger partial charge in [-0.1, -0.05) is 19.9 Å². The summed E-state index contributed by atoms with van der Waals surface area (Å²) in [5.41, 5.74) is 0.880. The lowest BCUT2D eigenvalue weighted by Crippen LogP contribution is -2.49. The van der Waals surface area contributed by atoms with Gasteiger partial charge in [0, 0.05) is 37.3 Å². The van der Waals surface area contributed by atoms with E-state index in [1.807, 2.05) is 36.2 Å². The SMILES string of the molecule is Cc1cnc(Nc2cccc(C3CN(CC(=O)N4CC(C)CC(C)C4)CCO3)n2)s1. The summed E-state index contributed by atoms with van der Waals surface area (Å²) in [6.45, 7) is 10.8. The van der Waals surface area contributed by atoms with Crippen LogP contribution in [0, 0.1) is 18.8 Å². The smallest absolute Gasteiger partial charge is 0.236 e. The number of piperidine rings is 1. The van der Waals surface area contributed by atoms with E-state index < -0.39 is 0 Å². The van der Waals surface area contributed by atoms with Crippen LogP contribution in [0.25, 0.3) is 0 Å². The Bertz CT molecular complexity index is 863. The Morgan fingerprint density at radius 2 is 2.07 bits per heavy atom. The van der Waals surface area contributed by atoms with Crippen LogP contribution < -0.4 is 5.32 Å². The van der Waals surface area contributed by atoms with Crippen LogP contribution in [0.2, 0.25) is 0 Å². The molecule has 0 bridgehead atoms. The maximum absolute atomic E-state index is 12.9. The molecule has 1 N–H and O–H groups in total. The molecule has 0 saturated carbocycles. The third-order valence-corrected chi connectivity index (χ3v) is 6.52. The van der Waals surface area contributed by atoms with Crippen molar-refractivity contribution < 1.29 is 9.53 Å². The molecular formula is C22H31N5O2S. The topological polar surface area (TPSA) is 70.6 Å². The number of carbonyl (C=O) groups excluding carboxylic acids is 1. The minimum atomic E-state index is -0.134. The van der Waals surface area contributed by atoms with Gasteiger partial charge in [0.15, 0.2) is 5.13 Å². The van der Waals surface area contributed by atoms with Crippen LogP contribution in [0.3, 0.4) is 0 Å². The number of pyridine rings is 1. The molecule has 4 heterocycles. The van der Waals surface area contributed by atoms with Crippen molar-refractivity contribution in [1.29, 1.82) is 0 Å². The number of hydrogen-bond acceptors (Lipinski definition) is 7. The molecule has 2 aromatic rings. The van der Waals surface area contributed by atoms with Crippen LogP contribution in [-0.2, 0) is 9.53 Å². The predicted molar refractivity (Wildman–Crippen MR) is 119 cm³/mol. The molecule has 2 aromatic heterocycles. The van der Waals surface area contributed by atoms with Gasteiger partial charge in [0.1, 0.15) is 11.9 Å². The highest BCUT2D eigenvalue weighted by molar-refractivity contribution is 7.15. The Kier molecular flexibility index (Phi) is 6.65. The summed E-state index contributed by atoms with van der Waals surface area (Å²) in [5, 5.41) is 4.10. The molecule has 0 spiro atoms. The maximum atomic E-state index is 12.9. The van der Waals surface area contributed by atoms with Crippen LogP contribution in [0.4, 0.5) is 10.9 Å². The minimum Gasteiger partial charge on any atom is -0.369 e. The van der Waals surface area contributed by atoms with Crippen molar-refractivity contribution in [3.8, 4) is 0 Å². The number of aryl methyl sites for hydroxylation is 1. The van der Waals surface area contributed by atoms with Crippen molar-refractivity contribution in [3.63, 3.8) is 0 Å². The standard InChI is InChI=1S/C22H31N5O2S/c1-15-9-16(2)12-27(11-15)21(28)14-26-7-8-29-19(13-26)18-5-4-6-20(24-18)25-22-23-10-17(3)30-22/h4-6,10,15-16,19H,7-9,11-14H2,1-3H3,(H,23,24,25). The van der Waals surface area contributed by atoms with Crippen molar-refractivity contribution >= 4 is 28.2 Å².